The molecule has 1 aliphatic heterocycles. The molecule has 1 aromatic heterocycles. The molecular weight excluding hydrogens is 957 g/mol. The van der Waals surface area contributed by atoms with Crippen LogP contribution in [0.5, 0.6) is 0 Å². The van der Waals surface area contributed by atoms with E-state index in [1.54, 1.807) is 18.3 Å². The van der Waals surface area contributed by atoms with Gasteiger partial charge in [-0.25, -0.2) is 4.79 Å². The molecule has 1 aliphatic rings. The quantitative estimate of drug-likeness (QED) is 0.0427. The minimum absolute atomic E-state index is 0.0955. The summed E-state index contributed by atoms with van der Waals surface area (Å²) < 4.78 is 42.5. The molecule has 1 saturated heterocycles. The van der Waals surface area contributed by atoms with Gasteiger partial charge in [-0.1, -0.05) is 161 Å². The number of hydrogen-bond acceptors (Lipinski definition) is 13. The summed E-state index contributed by atoms with van der Waals surface area (Å²) in [6.45, 7) is 32.6. The first kappa shape index (κ1) is 69.6. The minimum atomic E-state index is -0.717. The molecule has 3 rings (SSSR count). The number of carbonyl (C=O) groups excluding carboxylic acids is 4. The maximum atomic E-state index is 12.0. The van der Waals surface area contributed by atoms with Gasteiger partial charge >= 0.3 is 23.9 Å². The maximum absolute atomic E-state index is 12.0. The molecule has 5 atom stereocenters. The Bertz CT molecular complexity index is 1850. The van der Waals surface area contributed by atoms with Crippen molar-refractivity contribution in [1.82, 2.24) is 0 Å². The third kappa shape index (κ3) is 36.5. The van der Waals surface area contributed by atoms with Crippen molar-refractivity contribution in [2.45, 2.75) is 148 Å². The lowest BCUT2D eigenvalue weighted by molar-refractivity contribution is -0.198. The van der Waals surface area contributed by atoms with Crippen LogP contribution < -0.4 is 0 Å². The Balaban J connectivity index is 0.000000990. The van der Waals surface area contributed by atoms with Gasteiger partial charge < -0.3 is 37.9 Å². The molecule has 2 heterocycles. The van der Waals surface area contributed by atoms with Crippen molar-refractivity contribution in [2.75, 3.05) is 66.1 Å². The van der Waals surface area contributed by atoms with Gasteiger partial charge in [0.2, 0.25) is 6.29 Å². The topological polar surface area (TPSA) is 142 Å². The predicted molar refractivity (Wildman–Crippen MR) is 302 cm³/mol. The van der Waals surface area contributed by atoms with E-state index in [1.807, 2.05) is 89.3 Å². The highest BCUT2D eigenvalue weighted by Gasteiger charge is 2.20. The molecule has 0 amide bonds. The van der Waals surface area contributed by atoms with E-state index in [-0.39, 0.29) is 48.2 Å². The zero-order valence-electron chi connectivity index (χ0n) is 48.0. The van der Waals surface area contributed by atoms with Crippen molar-refractivity contribution in [2.24, 2.45) is 41.4 Å². The molecule has 1 aromatic carbocycles. The number of thiophene rings is 1. The summed E-state index contributed by atoms with van der Waals surface area (Å²) in [5.74, 6) is 0.489. The van der Waals surface area contributed by atoms with Crippen LogP contribution in [0.3, 0.4) is 0 Å². The van der Waals surface area contributed by atoms with Crippen molar-refractivity contribution in [1.29, 1.82) is 0 Å². The number of unbranched alkanes of at least 4 members (excludes halogenated alkanes) is 1. The maximum Gasteiger partial charge on any atom is 0.333 e. The lowest BCUT2D eigenvalue weighted by Crippen LogP contribution is -2.31. The molecular formula is C61H98O12S. The Labute approximate surface area is 452 Å². The molecule has 1 fully saturated rings. The Morgan fingerprint density at radius 1 is 0.635 bits per heavy atom. The molecule has 5 unspecified atom stereocenters. The first-order valence-electron chi connectivity index (χ1n) is 27.4. The Hall–Kier alpha value is -4.40. The van der Waals surface area contributed by atoms with Gasteiger partial charge in [0.15, 0.2) is 0 Å². The number of allylic oxidation sites excluding steroid dienone is 4. The van der Waals surface area contributed by atoms with Crippen molar-refractivity contribution in [3.63, 3.8) is 0 Å². The Kier molecular flexibility index (Phi) is 42.2. The summed E-state index contributed by atoms with van der Waals surface area (Å²) in [6, 6.07) is 14.6. The third-order valence-corrected chi connectivity index (χ3v) is 12.1. The second kappa shape index (κ2) is 44.9. The van der Waals surface area contributed by atoms with Crippen LogP contribution >= 0.6 is 11.3 Å². The molecule has 0 radical (unpaired) electrons. The van der Waals surface area contributed by atoms with Crippen LogP contribution in [0.1, 0.15) is 140 Å². The minimum Gasteiger partial charge on any atom is -0.465 e. The molecule has 0 aliphatic carbocycles. The van der Waals surface area contributed by atoms with E-state index in [2.05, 4.69) is 85.7 Å². The summed E-state index contributed by atoms with van der Waals surface area (Å²) in [6.07, 6.45) is 20.1. The monoisotopic (exact) mass is 1050 g/mol. The fourth-order valence-electron chi connectivity index (χ4n) is 6.34. The SMILES string of the molecule is CC(C)/C=C\C(C)C(=O)OC1COCCOCCOCCO1.CC(C)/C=C\C(C)C(=O)OCCc1ccc(-c2ccccc2)s1.CC/C=C(\CC)C(=O)OCC.CCCCC(CC)COC(=O)C(C)/C=C\C(C)C. The summed E-state index contributed by atoms with van der Waals surface area (Å²) in [7, 11) is 0. The molecule has 12 nitrogen and oxygen atoms in total. The summed E-state index contributed by atoms with van der Waals surface area (Å²) in [4.78, 5) is 49.3. The number of rotatable bonds is 24. The van der Waals surface area contributed by atoms with E-state index in [1.165, 1.54) is 28.2 Å². The molecule has 0 bridgehead atoms. The number of ether oxygens (including phenoxy) is 8. The van der Waals surface area contributed by atoms with E-state index in [0.717, 1.165) is 37.7 Å². The van der Waals surface area contributed by atoms with Gasteiger partial charge in [-0.3, -0.25) is 14.4 Å². The molecule has 13 heteroatoms. The Morgan fingerprint density at radius 3 is 1.69 bits per heavy atom. The average Bonchev–Trinajstić information content (AvgIpc) is 3.86. The second-order valence-electron chi connectivity index (χ2n) is 19.1. The van der Waals surface area contributed by atoms with Gasteiger partial charge in [0.25, 0.3) is 0 Å². The number of esters is 4. The van der Waals surface area contributed by atoms with Crippen molar-refractivity contribution in [3.05, 3.63) is 95.4 Å². The van der Waals surface area contributed by atoms with Gasteiger partial charge in [-0.05, 0) is 88.3 Å². The highest BCUT2D eigenvalue weighted by atomic mass is 32.1. The molecule has 2 aromatic rings. The summed E-state index contributed by atoms with van der Waals surface area (Å²) in [5.41, 5.74) is 2.02. The number of hydrogen-bond donors (Lipinski definition) is 0. The van der Waals surface area contributed by atoms with Crippen molar-refractivity contribution in [3.8, 4) is 10.4 Å². The lowest BCUT2D eigenvalue weighted by Gasteiger charge is -2.20. The van der Waals surface area contributed by atoms with Gasteiger partial charge in [-0.2, -0.15) is 0 Å². The summed E-state index contributed by atoms with van der Waals surface area (Å²) in [5, 5.41) is 0. The van der Waals surface area contributed by atoms with E-state index in [4.69, 9.17) is 37.9 Å². The molecule has 0 spiro atoms. The van der Waals surface area contributed by atoms with E-state index >= 15 is 0 Å². The normalized spacial score (nSPS) is 16.3. The Morgan fingerprint density at radius 2 is 1.18 bits per heavy atom. The van der Waals surface area contributed by atoms with Gasteiger partial charge in [0.1, 0.15) is 6.61 Å². The second-order valence-corrected chi connectivity index (χ2v) is 20.3. The van der Waals surface area contributed by atoms with Crippen LogP contribution in [-0.4, -0.2) is 96.2 Å². The molecule has 0 saturated carbocycles. The first-order valence-corrected chi connectivity index (χ1v) is 28.2. The highest BCUT2D eigenvalue weighted by Crippen LogP contribution is 2.28. The number of carbonyl (C=O) groups is 4. The third-order valence-electron chi connectivity index (χ3n) is 10.9. The fraction of sp³-hybridized carbons (Fsp3) is 0.639. The first-order chi connectivity index (χ1) is 35.4. The van der Waals surface area contributed by atoms with E-state index < -0.39 is 6.29 Å². The highest BCUT2D eigenvalue weighted by molar-refractivity contribution is 7.15. The fourth-order valence-corrected chi connectivity index (χ4v) is 7.33. The molecule has 420 valence electrons. The standard InChI is InChI=1S/C20H24O2S.C16H28O6.C16H30O2.C9H16O2/c1-15(2)9-10-16(3)20(21)22-14-13-18-11-12-19(23-18)17-7-5-4-6-8-17;1-13(2)4-5-14(3)16(17)22-15-12-20-9-8-18-6-7-19-10-11-21-15;1-6-8-9-15(7-2)12-18-16(17)14(5)11-10-13(3)4;1-4-7-8(5-2)9(10)11-6-3/h4-12,15-16H,13-14H2,1-3H3;4-5,13-15H,6-12H2,1-3H3;10-11,13-15H,6-9,12H2,1-5H3;7H,4-6H2,1-3H3/b10-9-;5-4-;11-10-;8-7+. The van der Waals surface area contributed by atoms with Crippen LogP contribution in [0.25, 0.3) is 10.4 Å². The van der Waals surface area contributed by atoms with Crippen LogP contribution in [0.15, 0.2) is 90.6 Å². The van der Waals surface area contributed by atoms with Crippen LogP contribution in [0, 0.1) is 41.4 Å². The van der Waals surface area contributed by atoms with Gasteiger partial charge in [-0.15, -0.1) is 11.3 Å². The van der Waals surface area contributed by atoms with E-state index in [9.17, 15) is 19.2 Å². The summed E-state index contributed by atoms with van der Waals surface area (Å²) >= 11 is 1.75. The van der Waals surface area contributed by atoms with Crippen LogP contribution in [-0.2, 0) is 63.5 Å². The molecule has 74 heavy (non-hydrogen) atoms. The van der Waals surface area contributed by atoms with Crippen LogP contribution in [0.2, 0.25) is 0 Å². The van der Waals surface area contributed by atoms with E-state index in [0.29, 0.717) is 83.1 Å². The average molecular weight is 1060 g/mol. The van der Waals surface area contributed by atoms with Gasteiger partial charge in [0.05, 0.1) is 77.2 Å². The van der Waals surface area contributed by atoms with Gasteiger partial charge in [0, 0.05) is 21.7 Å². The molecule has 0 N–H and O–H groups in total. The predicted octanol–water partition coefficient (Wildman–Crippen LogP) is 14.0. The smallest absolute Gasteiger partial charge is 0.333 e. The zero-order chi connectivity index (χ0) is 55.5. The van der Waals surface area contributed by atoms with Crippen molar-refractivity contribution >= 4 is 35.2 Å². The lowest BCUT2D eigenvalue weighted by atomic mass is 10.0. The van der Waals surface area contributed by atoms with Crippen LogP contribution in [0.4, 0.5) is 0 Å². The number of benzene rings is 1. The van der Waals surface area contributed by atoms with Crippen molar-refractivity contribution < 1.29 is 57.1 Å². The largest absolute Gasteiger partial charge is 0.465 e. The zero-order valence-corrected chi connectivity index (χ0v) is 48.8.